The third-order valence-electron chi connectivity index (χ3n) is 3.53. The van der Waals surface area contributed by atoms with Crippen LogP contribution in [-0.4, -0.2) is 31.7 Å². The number of nitrogens with one attached hydrogen (secondary N) is 2. The molecule has 0 aliphatic heterocycles. The van der Waals surface area contributed by atoms with Crippen molar-refractivity contribution < 1.29 is 23.5 Å². The first-order valence-corrected chi connectivity index (χ1v) is 8.04. The number of methoxy groups -OCH3 is 2. The molecule has 0 fully saturated rings. The lowest BCUT2D eigenvalue weighted by Gasteiger charge is -2.09. The number of hydrogen-bond acceptors (Lipinski definition) is 5. The number of carbonyl (C=O) groups is 2. The predicted molar refractivity (Wildman–Crippen MR) is 99.8 cm³/mol. The minimum atomic E-state index is -0.487. The normalized spacial score (nSPS) is 10.9. The summed E-state index contributed by atoms with van der Waals surface area (Å²) in [5.41, 5.74) is 3.38. The molecule has 2 aromatic rings. The van der Waals surface area contributed by atoms with E-state index in [1.54, 1.807) is 31.2 Å². The molecule has 0 bridgehead atoms. The van der Waals surface area contributed by atoms with Gasteiger partial charge in [0.2, 0.25) is 5.91 Å². The van der Waals surface area contributed by atoms with Crippen LogP contribution >= 0.6 is 0 Å². The monoisotopic (exact) mass is 373 g/mol. The number of anilines is 1. The average molecular weight is 373 g/mol. The second kappa shape index (κ2) is 9.33. The number of hydrogen-bond donors (Lipinski definition) is 2. The van der Waals surface area contributed by atoms with Gasteiger partial charge < -0.3 is 14.8 Å². The van der Waals surface area contributed by atoms with Crippen LogP contribution in [0.5, 0.6) is 11.5 Å². The molecule has 0 aliphatic carbocycles. The first-order valence-electron chi connectivity index (χ1n) is 8.04. The van der Waals surface area contributed by atoms with E-state index in [4.69, 9.17) is 9.47 Å². The lowest BCUT2D eigenvalue weighted by atomic mass is 10.2. The number of rotatable bonds is 7. The summed E-state index contributed by atoms with van der Waals surface area (Å²) in [7, 11) is 2.95. The maximum absolute atomic E-state index is 13.1. The van der Waals surface area contributed by atoms with E-state index in [-0.39, 0.29) is 17.9 Å². The fraction of sp³-hybridized carbons (Fsp3) is 0.211. The molecule has 0 radical (unpaired) electrons. The molecule has 2 aromatic carbocycles. The van der Waals surface area contributed by atoms with Crippen molar-refractivity contribution in [1.29, 1.82) is 0 Å². The molecule has 7 nitrogen and oxygen atoms in total. The Balaban J connectivity index is 1.96. The summed E-state index contributed by atoms with van der Waals surface area (Å²) in [6.07, 6.45) is -0.0590. The number of benzene rings is 2. The number of carbonyl (C=O) groups excluding carboxylic acids is 2. The topological polar surface area (TPSA) is 89.0 Å². The van der Waals surface area contributed by atoms with Gasteiger partial charge in [-0.3, -0.25) is 9.59 Å². The van der Waals surface area contributed by atoms with E-state index in [1.165, 1.54) is 32.4 Å². The first kappa shape index (κ1) is 19.9. The second-order valence-corrected chi connectivity index (χ2v) is 5.59. The lowest BCUT2D eigenvalue weighted by molar-refractivity contribution is -0.115. The van der Waals surface area contributed by atoms with Gasteiger partial charge in [0.15, 0.2) is 0 Å². The van der Waals surface area contributed by atoms with Crippen LogP contribution in [0.1, 0.15) is 23.7 Å². The molecule has 2 rings (SSSR count). The van der Waals surface area contributed by atoms with Gasteiger partial charge in [0.25, 0.3) is 5.91 Å². The Kier molecular flexibility index (Phi) is 6.87. The molecule has 0 aromatic heterocycles. The van der Waals surface area contributed by atoms with E-state index in [0.29, 0.717) is 22.9 Å². The molecule has 27 heavy (non-hydrogen) atoms. The minimum absolute atomic E-state index is 0.0590. The van der Waals surface area contributed by atoms with Gasteiger partial charge >= 0.3 is 0 Å². The fourth-order valence-corrected chi connectivity index (χ4v) is 2.24. The molecular weight excluding hydrogens is 353 g/mol. The van der Waals surface area contributed by atoms with Crippen molar-refractivity contribution in [3.63, 3.8) is 0 Å². The number of halogens is 1. The molecule has 0 atom stereocenters. The van der Waals surface area contributed by atoms with Crippen LogP contribution in [0.3, 0.4) is 0 Å². The molecule has 2 N–H and O–H groups in total. The quantitative estimate of drug-likeness (QED) is 0.577. The zero-order valence-electron chi connectivity index (χ0n) is 15.2. The Bertz CT molecular complexity index is 868. The summed E-state index contributed by atoms with van der Waals surface area (Å²) >= 11 is 0. The molecule has 0 spiro atoms. The maximum Gasteiger partial charge on any atom is 0.275 e. The number of hydrazone groups is 1. The third kappa shape index (κ3) is 5.81. The zero-order chi connectivity index (χ0) is 19.8. The summed E-state index contributed by atoms with van der Waals surface area (Å²) in [5.74, 6) is -0.419. The Morgan fingerprint density at radius 3 is 2.56 bits per heavy atom. The zero-order valence-corrected chi connectivity index (χ0v) is 15.2. The Morgan fingerprint density at radius 2 is 1.89 bits per heavy atom. The number of ether oxygens (including phenoxy) is 2. The van der Waals surface area contributed by atoms with Crippen LogP contribution < -0.4 is 20.2 Å². The molecular formula is C19H20FN3O4. The largest absolute Gasteiger partial charge is 0.497 e. The molecule has 0 heterocycles. The van der Waals surface area contributed by atoms with Gasteiger partial charge in [-0.1, -0.05) is 6.07 Å². The highest BCUT2D eigenvalue weighted by Gasteiger charge is 2.13. The Labute approximate surface area is 156 Å². The Morgan fingerprint density at radius 1 is 1.11 bits per heavy atom. The molecule has 8 heteroatoms. The number of nitrogens with zero attached hydrogens (tertiary/aromatic N) is 1. The minimum Gasteiger partial charge on any atom is -0.497 e. The highest BCUT2D eigenvalue weighted by Crippen LogP contribution is 2.24. The van der Waals surface area contributed by atoms with E-state index in [0.717, 1.165) is 0 Å². The standard InChI is InChI=1S/C19H20FN3O4/c1-12(9-18(24)21-14-6-4-5-13(20)10-14)22-23-19(25)16-8-7-15(26-2)11-17(16)27-3/h4-8,10-11H,9H2,1-3H3,(H,21,24)(H,23,25). The van der Waals surface area contributed by atoms with Crippen LogP contribution in [0.2, 0.25) is 0 Å². The van der Waals surface area contributed by atoms with Gasteiger partial charge in [-0.05, 0) is 37.3 Å². The second-order valence-electron chi connectivity index (χ2n) is 5.59. The van der Waals surface area contributed by atoms with E-state index in [2.05, 4.69) is 15.8 Å². The fourth-order valence-electron chi connectivity index (χ4n) is 2.24. The van der Waals surface area contributed by atoms with Crippen LogP contribution in [0.25, 0.3) is 0 Å². The SMILES string of the molecule is COc1ccc(C(=O)NN=C(C)CC(=O)Nc2cccc(F)c2)c(OC)c1. The molecule has 2 amide bonds. The Hall–Kier alpha value is -3.42. The van der Waals surface area contributed by atoms with Crippen molar-refractivity contribution in [3.8, 4) is 11.5 Å². The van der Waals surface area contributed by atoms with E-state index in [1.807, 2.05) is 0 Å². The smallest absolute Gasteiger partial charge is 0.275 e. The van der Waals surface area contributed by atoms with Gasteiger partial charge in [-0.15, -0.1) is 0 Å². The highest BCUT2D eigenvalue weighted by atomic mass is 19.1. The van der Waals surface area contributed by atoms with Crippen molar-refractivity contribution in [2.24, 2.45) is 5.10 Å². The summed E-state index contributed by atoms with van der Waals surface area (Å²) in [6.45, 7) is 1.59. The summed E-state index contributed by atoms with van der Waals surface area (Å²) in [6, 6.07) is 10.3. The van der Waals surface area contributed by atoms with E-state index in [9.17, 15) is 14.0 Å². The van der Waals surface area contributed by atoms with Gasteiger partial charge in [-0.25, -0.2) is 9.82 Å². The van der Waals surface area contributed by atoms with Crippen LogP contribution in [-0.2, 0) is 4.79 Å². The highest BCUT2D eigenvalue weighted by molar-refractivity contribution is 6.06. The van der Waals surface area contributed by atoms with Crippen molar-refractivity contribution in [2.45, 2.75) is 13.3 Å². The van der Waals surface area contributed by atoms with Crippen molar-refractivity contribution in [2.75, 3.05) is 19.5 Å². The van der Waals surface area contributed by atoms with E-state index < -0.39 is 11.7 Å². The molecule has 0 aliphatic rings. The van der Waals surface area contributed by atoms with Crippen LogP contribution in [0.15, 0.2) is 47.6 Å². The predicted octanol–water partition coefficient (Wildman–Crippen LogP) is 2.98. The van der Waals surface area contributed by atoms with Gasteiger partial charge in [0.05, 0.1) is 26.2 Å². The summed E-state index contributed by atoms with van der Waals surface area (Å²) in [4.78, 5) is 24.2. The van der Waals surface area contributed by atoms with Crippen LogP contribution in [0.4, 0.5) is 10.1 Å². The van der Waals surface area contributed by atoms with Gasteiger partial charge in [0.1, 0.15) is 17.3 Å². The van der Waals surface area contributed by atoms with E-state index >= 15 is 0 Å². The molecule has 142 valence electrons. The number of amides is 2. The van der Waals surface area contributed by atoms with Crippen molar-refractivity contribution in [3.05, 3.63) is 53.8 Å². The summed E-state index contributed by atoms with van der Waals surface area (Å²) in [5, 5.41) is 6.47. The van der Waals surface area contributed by atoms with Crippen LogP contribution in [0, 0.1) is 5.82 Å². The lowest BCUT2D eigenvalue weighted by Crippen LogP contribution is -2.22. The maximum atomic E-state index is 13.1. The molecule has 0 unspecified atom stereocenters. The van der Waals surface area contributed by atoms with Crippen molar-refractivity contribution >= 4 is 23.2 Å². The van der Waals surface area contributed by atoms with Gasteiger partial charge in [-0.2, -0.15) is 5.10 Å². The van der Waals surface area contributed by atoms with Gasteiger partial charge in [0, 0.05) is 17.5 Å². The molecule has 0 saturated heterocycles. The summed E-state index contributed by atoms with van der Waals surface area (Å²) < 4.78 is 23.4. The first-order chi connectivity index (χ1) is 12.9. The average Bonchev–Trinajstić information content (AvgIpc) is 2.65. The molecule has 0 saturated carbocycles. The van der Waals surface area contributed by atoms with Crippen molar-refractivity contribution in [1.82, 2.24) is 5.43 Å². The third-order valence-corrected chi connectivity index (χ3v) is 3.53.